The Morgan fingerprint density at radius 3 is 2.50 bits per heavy atom. The second-order valence-electron chi connectivity index (χ2n) is 4.25. The topological polar surface area (TPSA) is 46.6 Å². The van der Waals surface area contributed by atoms with Crippen LogP contribution in [0.3, 0.4) is 0 Å². The molecule has 0 spiro atoms. The maximum atomic E-state index is 11.9. The van der Waals surface area contributed by atoms with Gasteiger partial charge in [-0.05, 0) is 19.3 Å². The summed E-state index contributed by atoms with van der Waals surface area (Å²) in [7, 11) is 1.38. The highest BCUT2D eigenvalue weighted by Crippen LogP contribution is 2.27. The Morgan fingerprint density at radius 2 is 2.00 bits per heavy atom. The number of nitrogens with zero attached hydrogens (tertiary/aromatic N) is 1. The number of carbonyl (C=O) groups is 2. The lowest BCUT2D eigenvalue weighted by Gasteiger charge is -2.21. The van der Waals surface area contributed by atoms with Gasteiger partial charge in [-0.1, -0.05) is 13.3 Å². The summed E-state index contributed by atoms with van der Waals surface area (Å²) in [6.45, 7) is 2.59. The van der Waals surface area contributed by atoms with Crippen molar-refractivity contribution in [1.82, 2.24) is 4.90 Å². The molecular weight excluding hydrogens is 206 g/mol. The molecule has 1 rings (SSSR count). The Labute approximate surface area is 96.9 Å². The zero-order valence-electron chi connectivity index (χ0n) is 10.2. The molecule has 0 N–H and O–H groups in total. The Morgan fingerprint density at radius 1 is 1.31 bits per heavy atom. The predicted octanol–water partition coefficient (Wildman–Crippen LogP) is 1.73. The minimum atomic E-state index is -0.242. The molecule has 0 aliphatic heterocycles. The van der Waals surface area contributed by atoms with Gasteiger partial charge in [-0.15, -0.1) is 0 Å². The smallest absolute Gasteiger partial charge is 0.307 e. The average molecular weight is 227 g/mol. The quantitative estimate of drug-likeness (QED) is 0.622. The molecule has 1 saturated carbocycles. The summed E-state index contributed by atoms with van der Waals surface area (Å²) in [6.07, 6.45) is 5.04. The molecule has 0 heterocycles. The number of hydrogen-bond acceptors (Lipinski definition) is 3. The van der Waals surface area contributed by atoms with Crippen LogP contribution in [0, 0.1) is 0 Å². The van der Waals surface area contributed by atoms with Gasteiger partial charge in [0.25, 0.3) is 0 Å². The number of rotatable bonds is 7. The maximum Gasteiger partial charge on any atom is 0.307 e. The van der Waals surface area contributed by atoms with Gasteiger partial charge in [-0.25, -0.2) is 0 Å². The van der Waals surface area contributed by atoms with Crippen molar-refractivity contribution in [2.24, 2.45) is 0 Å². The summed E-state index contributed by atoms with van der Waals surface area (Å²) in [4.78, 5) is 24.7. The molecule has 1 aliphatic rings. The van der Waals surface area contributed by atoms with E-state index in [-0.39, 0.29) is 11.9 Å². The summed E-state index contributed by atoms with van der Waals surface area (Å²) in [5.74, 6) is -0.0535. The Bertz CT molecular complexity index is 249. The minimum Gasteiger partial charge on any atom is -0.469 e. The second-order valence-corrected chi connectivity index (χ2v) is 4.25. The van der Waals surface area contributed by atoms with Crippen LogP contribution in [0.5, 0.6) is 0 Å². The number of carbonyl (C=O) groups excluding carboxylic acids is 2. The summed E-state index contributed by atoms with van der Waals surface area (Å²) in [5, 5.41) is 0. The highest BCUT2D eigenvalue weighted by atomic mass is 16.5. The fourth-order valence-corrected chi connectivity index (χ4v) is 1.68. The normalized spacial score (nSPS) is 14.6. The van der Waals surface area contributed by atoms with E-state index in [1.54, 1.807) is 0 Å². The molecular formula is C12H21NO3. The number of unbranched alkanes of at least 4 members (excludes halogenated alkanes) is 1. The first-order valence-electron chi connectivity index (χ1n) is 6.05. The summed E-state index contributed by atoms with van der Waals surface area (Å²) < 4.78 is 4.58. The van der Waals surface area contributed by atoms with Crippen molar-refractivity contribution in [3.8, 4) is 0 Å². The van der Waals surface area contributed by atoms with E-state index in [4.69, 9.17) is 0 Å². The highest BCUT2D eigenvalue weighted by Gasteiger charge is 2.32. The fraction of sp³-hybridized carbons (Fsp3) is 0.833. The highest BCUT2D eigenvalue weighted by molar-refractivity contribution is 5.77. The largest absolute Gasteiger partial charge is 0.469 e. The van der Waals surface area contributed by atoms with Crippen LogP contribution in [-0.2, 0) is 14.3 Å². The second kappa shape index (κ2) is 6.51. The van der Waals surface area contributed by atoms with Crippen molar-refractivity contribution < 1.29 is 14.3 Å². The molecule has 92 valence electrons. The number of amides is 1. The van der Waals surface area contributed by atoms with Gasteiger partial charge in [0.15, 0.2) is 0 Å². The molecule has 0 aromatic heterocycles. The molecule has 0 unspecified atom stereocenters. The van der Waals surface area contributed by atoms with Gasteiger partial charge in [0.2, 0.25) is 5.91 Å². The lowest BCUT2D eigenvalue weighted by molar-refractivity contribution is -0.141. The molecule has 16 heavy (non-hydrogen) atoms. The monoisotopic (exact) mass is 227 g/mol. The zero-order chi connectivity index (χ0) is 12.0. The lowest BCUT2D eigenvalue weighted by Crippen LogP contribution is -2.34. The first-order chi connectivity index (χ1) is 7.69. The first kappa shape index (κ1) is 13.0. The SMILES string of the molecule is CCCCC(=O)N(CCC(=O)OC)C1CC1. The van der Waals surface area contributed by atoms with Crippen molar-refractivity contribution in [3.05, 3.63) is 0 Å². The lowest BCUT2D eigenvalue weighted by atomic mass is 10.2. The van der Waals surface area contributed by atoms with Crippen molar-refractivity contribution >= 4 is 11.9 Å². The van der Waals surface area contributed by atoms with Crippen LogP contribution in [-0.4, -0.2) is 36.5 Å². The van der Waals surface area contributed by atoms with Gasteiger partial charge in [-0.2, -0.15) is 0 Å². The van der Waals surface area contributed by atoms with E-state index in [9.17, 15) is 9.59 Å². The fourth-order valence-electron chi connectivity index (χ4n) is 1.68. The van der Waals surface area contributed by atoms with Gasteiger partial charge in [0.05, 0.1) is 13.5 Å². The third kappa shape index (κ3) is 4.21. The van der Waals surface area contributed by atoms with Crippen molar-refractivity contribution in [1.29, 1.82) is 0 Å². The summed E-state index contributed by atoms with van der Waals surface area (Å²) in [5.41, 5.74) is 0. The number of esters is 1. The first-order valence-corrected chi connectivity index (χ1v) is 6.05. The van der Waals surface area contributed by atoms with E-state index in [1.165, 1.54) is 7.11 Å². The third-order valence-corrected chi connectivity index (χ3v) is 2.84. The molecule has 0 radical (unpaired) electrons. The molecule has 4 heteroatoms. The molecule has 0 aromatic carbocycles. The van der Waals surface area contributed by atoms with Gasteiger partial charge >= 0.3 is 5.97 Å². The van der Waals surface area contributed by atoms with E-state index in [1.807, 2.05) is 4.90 Å². The maximum absolute atomic E-state index is 11.9. The number of hydrogen-bond donors (Lipinski definition) is 0. The molecule has 0 atom stereocenters. The summed E-state index contributed by atoms with van der Waals surface area (Å²) >= 11 is 0. The number of methoxy groups -OCH3 is 1. The average Bonchev–Trinajstić information content (AvgIpc) is 3.10. The third-order valence-electron chi connectivity index (χ3n) is 2.84. The van der Waals surface area contributed by atoms with Crippen LogP contribution < -0.4 is 0 Å². The molecule has 0 bridgehead atoms. The Balaban J connectivity index is 2.35. The van der Waals surface area contributed by atoms with Gasteiger partial charge in [0.1, 0.15) is 0 Å². The number of ether oxygens (including phenoxy) is 1. The van der Waals surface area contributed by atoms with Crippen molar-refractivity contribution in [2.75, 3.05) is 13.7 Å². The van der Waals surface area contributed by atoms with Crippen LogP contribution in [0.2, 0.25) is 0 Å². The van der Waals surface area contributed by atoms with E-state index < -0.39 is 0 Å². The van der Waals surface area contributed by atoms with Crippen LogP contribution in [0.4, 0.5) is 0 Å². The van der Waals surface area contributed by atoms with Gasteiger partial charge in [-0.3, -0.25) is 9.59 Å². The van der Waals surface area contributed by atoms with E-state index in [0.717, 1.165) is 25.7 Å². The van der Waals surface area contributed by atoms with E-state index in [0.29, 0.717) is 25.4 Å². The minimum absolute atomic E-state index is 0.188. The van der Waals surface area contributed by atoms with Crippen LogP contribution in [0.15, 0.2) is 0 Å². The summed E-state index contributed by atoms with van der Waals surface area (Å²) in [6, 6.07) is 0.383. The van der Waals surface area contributed by atoms with Gasteiger partial charge < -0.3 is 9.64 Å². The molecule has 1 amide bonds. The van der Waals surface area contributed by atoms with Crippen LogP contribution in [0.25, 0.3) is 0 Å². The van der Waals surface area contributed by atoms with Crippen LogP contribution >= 0.6 is 0 Å². The molecule has 1 aliphatic carbocycles. The van der Waals surface area contributed by atoms with E-state index >= 15 is 0 Å². The van der Waals surface area contributed by atoms with Gasteiger partial charge in [0, 0.05) is 19.0 Å². The Kier molecular flexibility index (Phi) is 5.29. The molecule has 1 fully saturated rings. The van der Waals surface area contributed by atoms with Crippen LogP contribution in [0.1, 0.15) is 45.4 Å². The Hall–Kier alpha value is -1.06. The zero-order valence-corrected chi connectivity index (χ0v) is 10.2. The van der Waals surface area contributed by atoms with Crippen molar-refractivity contribution in [3.63, 3.8) is 0 Å². The van der Waals surface area contributed by atoms with Crippen molar-refractivity contribution in [2.45, 2.75) is 51.5 Å². The standard InChI is InChI=1S/C12H21NO3/c1-3-4-5-11(14)13(10-6-7-10)9-8-12(15)16-2/h10H,3-9H2,1-2H3. The molecule has 0 saturated heterocycles. The molecule has 4 nitrogen and oxygen atoms in total. The predicted molar refractivity (Wildman–Crippen MR) is 60.9 cm³/mol. The van der Waals surface area contributed by atoms with E-state index in [2.05, 4.69) is 11.7 Å². The molecule has 0 aromatic rings.